The van der Waals surface area contributed by atoms with Gasteiger partial charge in [0.15, 0.2) is 0 Å². The molecule has 1 aromatic rings. The Morgan fingerprint density at radius 3 is 2.95 bits per heavy atom. The van der Waals surface area contributed by atoms with Crippen LogP contribution in [0.3, 0.4) is 0 Å². The molecule has 2 fully saturated rings. The van der Waals surface area contributed by atoms with E-state index in [0.717, 1.165) is 24.9 Å². The van der Waals surface area contributed by atoms with Crippen molar-refractivity contribution in [3.63, 3.8) is 0 Å². The van der Waals surface area contributed by atoms with Crippen LogP contribution in [0.5, 0.6) is 0 Å². The van der Waals surface area contributed by atoms with Gasteiger partial charge in [-0.05, 0) is 37.1 Å². The minimum absolute atomic E-state index is 0. The molecule has 0 aliphatic carbocycles. The summed E-state index contributed by atoms with van der Waals surface area (Å²) in [5.74, 6) is -0.312. The highest BCUT2D eigenvalue weighted by Gasteiger charge is 2.31. The first kappa shape index (κ1) is 17.5. The van der Waals surface area contributed by atoms with Gasteiger partial charge in [0.05, 0.1) is 24.2 Å². The van der Waals surface area contributed by atoms with E-state index in [1.807, 2.05) is 4.90 Å². The van der Waals surface area contributed by atoms with Crippen LogP contribution >= 0.6 is 24.0 Å². The number of ether oxygens (including phenoxy) is 1. The molecule has 1 amide bonds. The number of halogens is 3. The molecule has 1 N–H and O–H groups in total. The summed E-state index contributed by atoms with van der Waals surface area (Å²) in [6, 6.07) is 4.50. The van der Waals surface area contributed by atoms with E-state index in [1.54, 1.807) is 12.1 Å². The number of carbonyl (C=O) groups excluding carboxylic acids is 1. The zero-order valence-corrected chi connectivity index (χ0v) is 13.6. The Bertz CT molecular complexity index is 538. The third-order valence-electron chi connectivity index (χ3n) is 4.05. The van der Waals surface area contributed by atoms with Crippen LogP contribution in [0.25, 0.3) is 0 Å². The van der Waals surface area contributed by atoms with Crippen LogP contribution in [0, 0.1) is 5.82 Å². The minimum atomic E-state index is -0.445. The summed E-state index contributed by atoms with van der Waals surface area (Å²) < 4.78 is 18.9. The molecule has 2 heterocycles. The average molecular weight is 349 g/mol. The second-order valence-corrected chi connectivity index (χ2v) is 5.87. The number of carbonyl (C=O) groups is 1. The van der Waals surface area contributed by atoms with Crippen LogP contribution in [0.4, 0.5) is 4.39 Å². The number of hydrogen-bond acceptors (Lipinski definition) is 3. The SMILES string of the molecule is Cl.O=C(C1CCCN1)N1CCOC(c2ccc(F)c(Cl)c2)C1. The predicted molar refractivity (Wildman–Crippen MR) is 85.0 cm³/mol. The highest BCUT2D eigenvalue weighted by molar-refractivity contribution is 6.30. The first-order valence-corrected chi connectivity index (χ1v) is 7.61. The Morgan fingerprint density at radius 1 is 1.45 bits per heavy atom. The van der Waals surface area contributed by atoms with Gasteiger partial charge in [0.25, 0.3) is 0 Å². The molecule has 2 aliphatic heterocycles. The van der Waals surface area contributed by atoms with E-state index in [9.17, 15) is 9.18 Å². The van der Waals surface area contributed by atoms with Crippen molar-refractivity contribution in [2.24, 2.45) is 0 Å². The van der Waals surface area contributed by atoms with Crippen LogP contribution in [-0.4, -0.2) is 43.1 Å². The lowest BCUT2D eigenvalue weighted by atomic mass is 10.1. The summed E-state index contributed by atoms with van der Waals surface area (Å²) in [5, 5.41) is 3.30. The third kappa shape index (κ3) is 3.71. The second-order valence-electron chi connectivity index (χ2n) is 5.47. The van der Waals surface area contributed by atoms with E-state index < -0.39 is 5.82 Å². The Kier molecular flexibility index (Phi) is 6.03. The van der Waals surface area contributed by atoms with E-state index in [0.29, 0.717) is 19.7 Å². The van der Waals surface area contributed by atoms with Gasteiger partial charge in [0.1, 0.15) is 11.9 Å². The minimum Gasteiger partial charge on any atom is -0.370 e. The number of nitrogens with zero attached hydrogens (tertiary/aromatic N) is 1. The van der Waals surface area contributed by atoms with Crippen molar-refractivity contribution in [3.05, 3.63) is 34.6 Å². The molecule has 2 saturated heterocycles. The van der Waals surface area contributed by atoms with Gasteiger partial charge in [-0.3, -0.25) is 4.79 Å². The molecule has 4 nitrogen and oxygen atoms in total. The molecule has 2 atom stereocenters. The number of hydrogen-bond donors (Lipinski definition) is 1. The lowest BCUT2D eigenvalue weighted by molar-refractivity contribution is -0.140. The van der Waals surface area contributed by atoms with Crippen molar-refractivity contribution in [2.75, 3.05) is 26.2 Å². The van der Waals surface area contributed by atoms with Crippen LogP contribution in [-0.2, 0) is 9.53 Å². The van der Waals surface area contributed by atoms with Gasteiger partial charge >= 0.3 is 0 Å². The highest BCUT2D eigenvalue weighted by atomic mass is 35.5. The number of rotatable bonds is 2. The lowest BCUT2D eigenvalue weighted by Crippen LogP contribution is -2.49. The van der Waals surface area contributed by atoms with Crippen molar-refractivity contribution in [3.8, 4) is 0 Å². The maximum Gasteiger partial charge on any atom is 0.239 e. The van der Waals surface area contributed by atoms with E-state index in [4.69, 9.17) is 16.3 Å². The van der Waals surface area contributed by atoms with Crippen molar-refractivity contribution in [1.29, 1.82) is 0 Å². The zero-order valence-electron chi connectivity index (χ0n) is 12.1. The Balaban J connectivity index is 0.00000176. The lowest BCUT2D eigenvalue weighted by Gasteiger charge is -2.34. The topological polar surface area (TPSA) is 41.6 Å². The van der Waals surface area contributed by atoms with Gasteiger partial charge in [-0.25, -0.2) is 4.39 Å². The third-order valence-corrected chi connectivity index (χ3v) is 4.34. The standard InChI is InChI=1S/C15H18ClFN2O2.ClH/c16-11-8-10(3-4-12(11)17)14-9-19(6-7-21-14)15(20)13-2-1-5-18-13;/h3-4,8,13-14,18H,1-2,5-7,9H2;1H. The van der Waals surface area contributed by atoms with Gasteiger partial charge in [-0.2, -0.15) is 0 Å². The van der Waals surface area contributed by atoms with Crippen molar-refractivity contribution < 1.29 is 13.9 Å². The van der Waals surface area contributed by atoms with Gasteiger partial charge in [-0.15, -0.1) is 12.4 Å². The molecule has 1 aromatic carbocycles. The quantitative estimate of drug-likeness (QED) is 0.892. The monoisotopic (exact) mass is 348 g/mol. The zero-order chi connectivity index (χ0) is 14.8. The fraction of sp³-hybridized carbons (Fsp3) is 0.533. The van der Waals surface area contributed by atoms with Crippen molar-refractivity contribution in [1.82, 2.24) is 10.2 Å². The van der Waals surface area contributed by atoms with Gasteiger partial charge in [-0.1, -0.05) is 17.7 Å². The molecule has 0 bridgehead atoms. The second kappa shape index (κ2) is 7.59. The number of amides is 1. The summed E-state index contributed by atoms with van der Waals surface area (Å²) in [6.45, 7) is 2.47. The summed E-state index contributed by atoms with van der Waals surface area (Å²) >= 11 is 5.81. The molecule has 122 valence electrons. The first-order valence-electron chi connectivity index (χ1n) is 7.24. The maximum absolute atomic E-state index is 13.2. The molecular weight excluding hydrogens is 330 g/mol. The molecule has 7 heteroatoms. The smallest absolute Gasteiger partial charge is 0.239 e. The molecule has 0 saturated carbocycles. The first-order chi connectivity index (χ1) is 10.1. The summed E-state index contributed by atoms with van der Waals surface area (Å²) in [5.41, 5.74) is 0.804. The fourth-order valence-corrected chi connectivity index (χ4v) is 3.07. The van der Waals surface area contributed by atoms with E-state index in [-0.39, 0.29) is 35.5 Å². The van der Waals surface area contributed by atoms with Crippen molar-refractivity contribution >= 4 is 29.9 Å². The maximum atomic E-state index is 13.2. The molecule has 0 radical (unpaired) electrons. The summed E-state index contributed by atoms with van der Waals surface area (Å²) in [6.07, 6.45) is 1.68. The highest BCUT2D eigenvalue weighted by Crippen LogP contribution is 2.26. The van der Waals surface area contributed by atoms with Crippen LogP contribution in [0.15, 0.2) is 18.2 Å². The van der Waals surface area contributed by atoms with E-state index in [2.05, 4.69) is 5.32 Å². The molecule has 3 rings (SSSR count). The summed E-state index contributed by atoms with van der Waals surface area (Å²) in [4.78, 5) is 14.2. The Hall–Kier alpha value is -0.880. The molecular formula is C15H19Cl2FN2O2. The van der Waals surface area contributed by atoms with Crippen LogP contribution in [0.2, 0.25) is 5.02 Å². The normalized spacial score (nSPS) is 24.9. The van der Waals surface area contributed by atoms with Gasteiger partial charge < -0.3 is 15.0 Å². The Labute approximate surface area is 140 Å². The number of morpholine rings is 1. The Morgan fingerprint density at radius 2 is 2.27 bits per heavy atom. The van der Waals surface area contributed by atoms with Crippen LogP contribution < -0.4 is 5.32 Å². The molecule has 22 heavy (non-hydrogen) atoms. The van der Waals surface area contributed by atoms with Crippen LogP contribution in [0.1, 0.15) is 24.5 Å². The molecule has 2 aliphatic rings. The van der Waals surface area contributed by atoms with Gasteiger partial charge in [0.2, 0.25) is 5.91 Å². The molecule has 0 spiro atoms. The average Bonchev–Trinajstić information content (AvgIpc) is 3.04. The predicted octanol–water partition coefficient (Wildman–Crippen LogP) is 2.55. The molecule has 0 aromatic heterocycles. The van der Waals surface area contributed by atoms with Crippen molar-refractivity contribution in [2.45, 2.75) is 25.0 Å². The molecule has 2 unspecified atom stereocenters. The number of nitrogens with one attached hydrogen (secondary N) is 1. The number of benzene rings is 1. The van der Waals surface area contributed by atoms with Gasteiger partial charge in [0, 0.05) is 6.54 Å². The summed E-state index contributed by atoms with van der Waals surface area (Å²) in [7, 11) is 0. The fourth-order valence-electron chi connectivity index (χ4n) is 2.88. The van der Waals surface area contributed by atoms with E-state index in [1.165, 1.54) is 6.07 Å². The largest absolute Gasteiger partial charge is 0.370 e. The van der Waals surface area contributed by atoms with E-state index >= 15 is 0 Å².